The molecule has 0 amide bonds. The second kappa shape index (κ2) is 18.0. The largest absolute Gasteiger partial charge is 1.00 e. The van der Waals surface area contributed by atoms with Gasteiger partial charge < -0.3 is 56.1 Å². The molecule has 7 N–H and O–H groups in total. The van der Waals surface area contributed by atoms with Gasteiger partial charge in [0.05, 0.1) is 13.2 Å². The van der Waals surface area contributed by atoms with E-state index in [4.69, 9.17) is 18.9 Å². The Morgan fingerprint density at radius 1 is 0.750 bits per heavy atom. The molecule has 2 aliphatic rings. The van der Waals surface area contributed by atoms with Crippen LogP contribution in [0.5, 0.6) is 0 Å². The summed E-state index contributed by atoms with van der Waals surface area (Å²) in [7, 11) is 0. The molecule has 2 aliphatic heterocycles. The third kappa shape index (κ3) is 9.63. The maximum atomic E-state index is 10.3. The first-order valence-electron chi connectivity index (χ1n) is 13.0. The van der Waals surface area contributed by atoms with E-state index in [0.29, 0.717) is 6.61 Å². The van der Waals surface area contributed by atoms with Crippen LogP contribution in [0.3, 0.4) is 0 Å². The third-order valence-electron chi connectivity index (χ3n) is 6.81. The number of aliphatic hydroxyl groups is 7. The molecule has 0 aromatic heterocycles. The van der Waals surface area contributed by atoms with E-state index < -0.39 is 68.0 Å². The van der Waals surface area contributed by atoms with E-state index in [1.165, 1.54) is 44.9 Å². The Balaban J connectivity index is 0.00000648. The Bertz CT molecular complexity index is 581. The molecule has 11 nitrogen and oxygen atoms in total. The van der Waals surface area contributed by atoms with Gasteiger partial charge in [-0.2, -0.15) is 0 Å². The second-order valence-electron chi connectivity index (χ2n) is 9.63. The fourth-order valence-electron chi connectivity index (χ4n) is 4.51. The van der Waals surface area contributed by atoms with Gasteiger partial charge in [-0.3, -0.25) is 0 Å². The predicted molar refractivity (Wildman–Crippen MR) is 125 cm³/mol. The van der Waals surface area contributed by atoms with Crippen LogP contribution in [0, 0.1) is 0 Å². The van der Waals surface area contributed by atoms with Crippen LogP contribution in [0.4, 0.5) is 0 Å². The smallest absolute Gasteiger partial charge is 1.00 e. The van der Waals surface area contributed by atoms with Crippen molar-refractivity contribution in [2.75, 3.05) is 26.4 Å². The van der Waals surface area contributed by atoms with Crippen molar-refractivity contribution >= 4 is 0 Å². The SMILES string of the molecule is CCCCCCCCCCCCOC[C@H]1O[C@H](O[C@]2(CO)O[C@H](CO)[C@@H](O)[C@@H]2O)[C@H](O)[C@@H](O)[C@@H]1O.[H-].[Na+]. The first kappa shape index (κ1) is 34.6. The molecule has 0 aromatic rings. The van der Waals surface area contributed by atoms with Gasteiger partial charge in [0.25, 0.3) is 0 Å². The van der Waals surface area contributed by atoms with Gasteiger partial charge in [0.2, 0.25) is 5.79 Å². The van der Waals surface area contributed by atoms with Gasteiger partial charge in [0.1, 0.15) is 49.3 Å². The normalized spacial score (nSPS) is 36.7. The number of aliphatic hydroxyl groups excluding tert-OH is 7. The molecule has 0 saturated carbocycles. The van der Waals surface area contributed by atoms with E-state index in [9.17, 15) is 35.7 Å². The van der Waals surface area contributed by atoms with Gasteiger partial charge in [-0.1, -0.05) is 64.7 Å². The van der Waals surface area contributed by atoms with Crippen molar-refractivity contribution in [1.29, 1.82) is 0 Å². The van der Waals surface area contributed by atoms with Crippen LogP contribution in [0.25, 0.3) is 0 Å². The molecular formula is C24H47NaO11. The first-order chi connectivity index (χ1) is 16.8. The van der Waals surface area contributed by atoms with E-state index in [2.05, 4.69) is 6.92 Å². The monoisotopic (exact) mass is 534 g/mol. The molecule has 9 atom stereocenters. The van der Waals surface area contributed by atoms with Crippen molar-refractivity contribution in [2.45, 2.75) is 126 Å². The van der Waals surface area contributed by atoms with E-state index in [1.54, 1.807) is 0 Å². The van der Waals surface area contributed by atoms with Gasteiger partial charge in [0.15, 0.2) is 6.29 Å². The summed E-state index contributed by atoms with van der Waals surface area (Å²) in [6.07, 6.45) is -0.0918. The van der Waals surface area contributed by atoms with Crippen molar-refractivity contribution in [3.05, 3.63) is 0 Å². The molecule has 210 valence electrons. The van der Waals surface area contributed by atoms with Crippen LogP contribution in [0.1, 0.15) is 72.6 Å². The van der Waals surface area contributed by atoms with Crippen molar-refractivity contribution in [3.63, 3.8) is 0 Å². The summed E-state index contributed by atoms with van der Waals surface area (Å²) in [4.78, 5) is 0. The number of hydrogen-bond acceptors (Lipinski definition) is 11. The molecule has 0 bridgehead atoms. The zero-order valence-corrected chi connectivity index (χ0v) is 23.8. The minimum absolute atomic E-state index is 0. The van der Waals surface area contributed by atoms with Crippen LogP contribution in [0.2, 0.25) is 0 Å². The molecule has 2 saturated heterocycles. The van der Waals surface area contributed by atoms with E-state index in [0.717, 1.165) is 19.3 Å². The molecule has 12 heteroatoms. The van der Waals surface area contributed by atoms with Gasteiger partial charge in [-0.15, -0.1) is 0 Å². The zero-order valence-electron chi connectivity index (χ0n) is 22.8. The Morgan fingerprint density at radius 3 is 1.86 bits per heavy atom. The minimum Gasteiger partial charge on any atom is -1.00 e. The minimum atomic E-state index is -2.19. The van der Waals surface area contributed by atoms with Crippen LogP contribution >= 0.6 is 0 Å². The summed E-state index contributed by atoms with van der Waals surface area (Å²) in [5, 5.41) is 70.2. The summed E-state index contributed by atoms with van der Waals surface area (Å²) >= 11 is 0. The van der Waals surface area contributed by atoms with E-state index in [1.807, 2.05) is 0 Å². The summed E-state index contributed by atoms with van der Waals surface area (Å²) < 4.78 is 22.0. The standard InChI is InChI=1S/C24H46O11.Na.H/c1-2-3-4-5-6-7-8-9-10-11-12-32-14-17-18(27)20(29)21(30)23(33-17)35-24(15-26)22(31)19(28)16(13-25)34-24;;/h16-23,25-31H,2-15H2,1H3;;/q;+1;-1/t16-,17-,18-,19-,20+,21-,22+,23-,24+;;/m1../s1. The average Bonchev–Trinajstić information content (AvgIpc) is 3.10. The molecule has 36 heavy (non-hydrogen) atoms. The third-order valence-corrected chi connectivity index (χ3v) is 6.81. The van der Waals surface area contributed by atoms with Crippen LogP contribution in [-0.4, -0.2) is 117 Å². The fourth-order valence-corrected chi connectivity index (χ4v) is 4.51. The summed E-state index contributed by atoms with van der Waals surface area (Å²) in [5.41, 5.74) is 0. The maximum Gasteiger partial charge on any atom is 1.00 e. The number of unbranched alkanes of at least 4 members (excludes halogenated alkanes) is 9. The Morgan fingerprint density at radius 2 is 1.33 bits per heavy atom. The molecular weight excluding hydrogens is 487 g/mol. The molecule has 0 radical (unpaired) electrons. The molecule has 0 unspecified atom stereocenters. The molecule has 0 spiro atoms. The quantitative estimate of drug-likeness (QED) is 0.0733. The predicted octanol–water partition coefficient (Wildman–Crippen LogP) is -3.33. The van der Waals surface area contributed by atoms with Gasteiger partial charge in [-0.05, 0) is 6.42 Å². The molecule has 0 aromatic carbocycles. The Hall–Kier alpha value is 0.560. The zero-order chi connectivity index (χ0) is 25.8. The Labute approximate surface area is 237 Å². The fraction of sp³-hybridized carbons (Fsp3) is 1.00. The molecule has 2 fully saturated rings. The molecule has 2 rings (SSSR count). The van der Waals surface area contributed by atoms with Crippen LogP contribution in [0.15, 0.2) is 0 Å². The van der Waals surface area contributed by atoms with Crippen LogP contribution in [-0.2, 0) is 18.9 Å². The number of hydrogen-bond donors (Lipinski definition) is 7. The van der Waals surface area contributed by atoms with Crippen molar-refractivity contribution < 1.29 is 85.7 Å². The van der Waals surface area contributed by atoms with Gasteiger partial charge >= 0.3 is 29.6 Å². The topological polar surface area (TPSA) is 179 Å². The second-order valence-corrected chi connectivity index (χ2v) is 9.63. The van der Waals surface area contributed by atoms with E-state index >= 15 is 0 Å². The van der Waals surface area contributed by atoms with Crippen molar-refractivity contribution in [3.8, 4) is 0 Å². The van der Waals surface area contributed by atoms with Crippen LogP contribution < -0.4 is 29.6 Å². The summed E-state index contributed by atoms with van der Waals surface area (Å²) in [5.74, 6) is -2.19. The van der Waals surface area contributed by atoms with E-state index in [-0.39, 0.29) is 37.6 Å². The van der Waals surface area contributed by atoms with Gasteiger partial charge in [-0.25, -0.2) is 0 Å². The maximum absolute atomic E-state index is 10.3. The number of ether oxygens (including phenoxy) is 4. The van der Waals surface area contributed by atoms with Crippen molar-refractivity contribution in [2.24, 2.45) is 0 Å². The first-order valence-corrected chi connectivity index (χ1v) is 13.0. The number of rotatable bonds is 17. The van der Waals surface area contributed by atoms with Gasteiger partial charge in [0, 0.05) is 6.61 Å². The molecule has 0 aliphatic carbocycles. The Kier molecular flexibility index (Phi) is 17.3. The molecule has 2 heterocycles. The van der Waals surface area contributed by atoms with Crippen molar-refractivity contribution in [1.82, 2.24) is 0 Å². The summed E-state index contributed by atoms with van der Waals surface area (Å²) in [6.45, 7) is 1.02. The summed E-state index contributed by atoms with van der Waals surface area (Å²) in [6, 6.07) is 0. The average molecular weight is 535 g/mol.